The topological polar surface area (TPSA) is 55.1 Å². The van der Waals surface area contributed by atoms with Gasteiger partial charge >= 0.3 is 0 Å². The third-order valence-electron chi connectivity index (χ3n) is 2.65. The van der Waals surface area contributed by atoms with Gasteiger partial charge in [-0.05, 0) is 37.1 Å². The predicted octanol–water partition coefficient (Wildman–Crippen LogP) is 1.87. The van der Waals surface area contributed by atoms with E-state index in [0.29, 0.717) is 17.5 Å². The van der Waals surface area contributed by atoms with Crippen molar-refractivity contribution >= 4 is 23.2 Å². The summed E-state index contributed by atoms with van der Waals surface area (Å²) in [5.74, 6) is 0.505. The van der Waals surface area contributed by atoms with E-state index in [2.05, 4.69) is 5.32 Å². The van der Waals surface area contributed by atoms with Gasteiger partial charge in [-0.1, -0.05) is 17.7 Å². The molecular weight excluding hydrogens is 212 g/mol. The van der Waals surface area contributed by atoms with Crippen LogP contribution in [0.1, 0.15) is 6.42 Å². The normalized spacial score (nSPS) is 23.6. The summed E-state index contributed by atoms with van der Waals surface area (Å²) in [4.78, 5) is 11.6. The summed E-state index contributed by atoms with van der Waals surface area (Å²) in [7, 11) is 0. The lowest BCUT2D eigenvalue weighted by molar-refractivity contribution is -0.117. The van der Waals surface area contributed by atoms with E-state index in [9.17, 15) is 4.79 Å². The fourth-order valence-corrected chi connectivity index (χ4v) is 1.82. The minimum atomic E-state index is 0.0488. The first-order chi connectivity index (χ1) is 7.20. The van der Waals surface area contributed by atoms with Crippen LogP contribution in [-0.2, 0) is 4.79 Å². The maximum Gasteiger partial charge on any atom is 0.227 e. The summed E-state index contributed by atoms with van der Waals surface area (Å²) in [6.07, 6.45) is 0.906. The molecule has 0 heterocycles. The number of anilines is 1. The Kier molecular flexibility index (Phi) is 2.93. The van der Waals surface area contributed by atoms with E-state index < -0.39 is 0 Å². The molecule has 0 saturated heterocycles. The molecule has 0 spiro atoms. The number of hydrogen-bond acceptors (Lipinski definition) is 2. The molecule has 1 aromatic carbocycles. The molecule has 1 amide bonds. The van der Waals surface area contributed by atoms with Crippen molar-refractivity contribution < 1.29 is 4.79 Å². The highest BCUT2D eigenvalue weighted by atomic mass is 35.5. The van der Waals surface area contributed by atoms with Gasteiger partial charge in [-0.15, -0.1) is 0 Å². The summed E-state index contributed by atoms with van der Waals surface area (Å²) >= 11 is 5.81. The van der Waals surface area contributed by atoms with Crippen molar-refractivity contribution in [2.45, 2.75) is 6.42 Å². The van der Waals surface area contributed by atoms with Crippen LogP contribution in [0.5, 0.6) is 0 Å². The van der Waals surface area contributed by atoms with Gasteiger partial charge in [0.05, 0.1) is 0 Å². The Morgan fingerprint density at radius 3 is 3.00 bits per heavy atom. The second-order valence-electron chi connectivity index (χ2n) is 3.84. The van der Waals surface area contributed by atoms with Crippen LogP contribution in [0.15, 0.2) is 24.3 Å². The van der Waals surface area contributed by atoms with Crippen molar-refractivity contribution in [3.63, 3.8) is 0 Å². The molecule has 15 heavy (non-hydrogen) atoms. The molecule has 0 aliphatic heterocycles. The molecule has 80 valence electrons. The number of halogens is 1. The van der Waals surface area contributed by atoms with Crippen LogP contribution in [0.25, 0.3) is 0 Å². The Bertz CT molecular complexity index is 381. The molecule has 3 N–H and O–H groups in total. The lowest BCUT2D eigenvalue weighted by Gasteiger charge is -2.04. The number of hydrogen-bond donors (Lipinski definition) is 2. The number of amides is 1. The monoisotopic (exact) mass is 224 g/mol. The summed E-state index contributed by atoms with van der Waals surface area (Å²) in [5.41, 5.74) is 6.22. The SMILES string of the molecule is NC[C@@H]1C[C@@H]1C(=O)Nc1cccc(Cl)c1. The van der Waals surface area contributed by atoms with E-state index in [1.807, 2.05) is 12.1 Å². The third kappa shape index (κ3) is 2.49. The van der Waals surface area contributed by atoms with Gasteiger partial charge in [0.1, 0.15) is 0 Å². The highest BCUT2D eigenvalue weighted by Gasteiger charge is 2.41. The van der Waals surface area contributed by atoms with Gasteiger partial charge in [0.2, 0.25) is 5.91 Å². The Balaban J connectivity index is 1.95. The highest BCUT2D eigenvalue weighted by molar-refractivity contribution is 6.30. The molecule has 1 saturated carbocycles. The fourth-order valence-electron chi connectivity index (χ4n) is 1.63. The molecule has 1 aliphatic rings. The Morgan fingerprint density at radius 2 is 2.40 bits per heavy atom. The first kappa shape index (κ1) is 10.5. The second-order valence-corrected chi connectivity index (χ2v) is 4.27. The molecule has 0 bridgehead atoms. The summed E-state index contributed by atoms with van der Waals surface area (Å²) in [5, 5.41) is 3.45. The Morgan fingerprint density at radius 1 is 1.60 bits per heavy atom. The largest absolute Gasteiger partial charge is 0.330 e. The average molecular weight is 225 g/mol. The van der Waals surface area contributed by atoms with Gasteiger partial charge in [-0.3, -0.25) is 4.79 Å². The van der Waals surface area contributed by atoms with Crippen LogP contribution in [0.3, 0.4) is 0 Å². The first-order valence-electron chi connectivity index (χ1n) is 4.97. The summed E-state index contributed by atoms with van der Waals surface area (Å²) in [6, 6.07) is 7.14. The van der Waals surface area contributed by atoms with Crippen LogP contribution < -0.4 is 11.1 Å². The van der Waals surface area contributed by atoms with Gasteiger partial charge in [0.25, 0.3) is 0 Å². The van der Waals surface area contributed by atoms with E-state index in [0.717, 1.165) is 12.1 Å². The molecule has 4 heteroatoms. The van der Waals surface area contributed by atoms with Crippen molar-refractivity contribution in [1.29, 1.82) is 0 Å². The van der Waals surface area contributed by atoms with Gasteiger partial charge < -0.3 is 11.1 Å². The zero-order valence-corrected chi connectivity index (χ0v) is 9.00. The predicted molar refractivity (Wildman–Crippen MR) is 60.7 cm³/mol. The van der Waals surface area contributed by atoms with Crippen LogP contribution in [0.4, 0.5) is 5.69 Å². The second kappa shape index (κ2) is 4.21. The maximum absolute atomic E-state index is 11.6. The zero-order chi connectivity index (χ0) is 10.8. The minimum absolute atomic E-state index is 0.0488. The van der Waals surface area contributed by atoms with Crippen molar-refractivity contribution in [3.8, 4) is 0 Å². The summed E-state index contributed by atoms with van der Waals surface area (Å²) < 4.78 is 0. The van der Waals surface area contributed by atoms with E-state index in [-0.39, 0.29) is 11.8 Å². The van der Waals surface area contributed by atoms with E-state index >= 15 is 0 Å². The first-order valence-corrected chi connectivity index (χ1v) is 5.35. The van der Waals surface area contributed by atoms with E-state index in [1.54, 1.807) is 12.1 Å². The Hall–Kier alpha value is -1.06. The maximum atomic E-state index is 11.6. The zero-order valence-electron chi connectivity index (χ0n) is 8.24. The quantitative estimate of drug-likeness (QED) is 0.824. The molecule has 0 aromatic heterocycles. The molecular formula is C11H13ClN2O. The number of benzene rings is 1. The molecule has 1 aliphatic carbocycles. The molecule has 1 fully saturated rings. The Labute approximate surface area is 93.6 Å². The standard InChI is InChI=1S/C11H13ClN2O/c12-8-2-1-3-9(5-8)14-11(15)10-4-7(10)6-13/h1-3,5,7,10H,4,6,13H2,(H,14,15)/t7-,10-/m0/s1. The molecule has 0 radical (unpaired) electrons. The highest BCUT2D eigenvalue weighted by Crippen LogP contribution is 2.38. The van der Waals surface area contributed by atoms with E-state index in [4.69, 9.17) is 17.3 Å². The number of carbonyl (C=O) groups excluding carboxylic acids is 1. The van der Waals surface area contributed by atoms with Crippen LogP contribution >= 0.6 is 11.6 Å². The van der Waals surface area contributed by atoms with Gasteiger partial charge in [0, 0.05) is 16.6 Å². The number of nitrogens with one attached hydrogen (secondary N) is 1. The average Bonchev–Trinajstić information content (AvgIpc) is 2.96. The number of rotatable bonds is 3. The summed E-state index contributed by atoms with van der Waals surface area (Å²) in [6.45, 7) is 0.591. The molecule has 3 nitrogen and oxygen atoms in total. The third-order valence-corrected chi connectivity index (χ3v) is 2.89. The smallest absolute Gasteiger partial charge is 0.227 e. The van der Waals surface area contributed by atoms with Gasteiger partial charge in [-0.2, -0.15) is 0 Å². The van der Waals surface area contributed by atoms with E-state index in [1.165, 1.54) is 0 Å². The van der Waals surface area contributed by atoms with Gasteiger partial charge in [0.15, 0.2) is 0 Å². The van der Waals surface area contributed by atoms with Crippen LogP contribution in [-0.4, -0.2) is 12.5 Å². The van der Waals surface area contributed by atoms with Crippen molar-refractivity contribution in [1.82, 2.24) is 0 Å². The molecule has 1 aromatic rings. The number of nitrogens with two attached hydrogens (primary N) is 1. The number of carbonyl (C=O) groups is 1. The lowest BCUT2D eigenvalue weighted by atomic mass is 10.2. The fraction of sp³-hybridized carbons (Fsp3) is 0.364. The lowest BCUT2D eigenvalue weighted by Crippen LogP contribution is -2.16. The van der Waals surface area contributed by atoms with Crippen molar-refractivity contribution in [2.75, 3.05) is 11.9 Å². The van der Waals surface area contributed by atoms with Crippen molar-refractivity contribution in [3.05, 3.63) is 29.3 Å². The van der Waals surface area contributed by atoms with Crippen molar-refractivity contribution in [2.24, 2.45) is 17.6 Å². The molecule has 2 rings (SSSR count). The van der Waals surface area contributed by atoms with Crippen LogP contribution in [0, 0.1) is 11.8 Å². The van der Waals surface area contributed by atoms with Gasteiger partial charge in [-0.25, -0.2) is 0 Å². The molecule has 2 atom stereocenters. The minimum Gasteiger partial charge on any atom is -0.330 e. The van der Waals surface area contributed by atoms with Crippen LogP contribution in [0.2, 0.25) is 5.02 Å². The molecule has 0 unspecified atom stereocenters.